The molecule has 184 valence electrons. The number of ether oxygens (including phenoxy) is 4. The summed E-state index contributed by atoms with van der Waals surface area (Å²) in [4.78, 5) is 31.6. The Hall–Kier alpha value is -3.08. The van der Waals surface area contributed by atoms with Gasteiger partial charge in [-0.25, -0.2) is 0 Å². The lowest BCUT2D eigenvalue weighted by atomic mass is 10.2. The van der Waals surface area contributed by atoms with E-state index in [4.69, 9.17) is 23.4 Å². The molecule has 1 aromatic heterocycles. The van der Waals surface area contributed by atoms with Crippen molar-refractivity contribution < 1.29 is 33.0 Å². The molecule has 10 nitrogen and oxygen atoms in total. The Balaban J connectivity index is 1.45. The minimum atomic E-state index is -0.217. The number of hydrogen-bond acceptors (Lipinski definition) is 8. The normalized spacial score (nSPS) is 15.3. The summed E-state index contributed by atoms with van der Waals surface area (Å²) in [5.74, 6) is 1.61. The van der Waals surface area contributed by atoms with Gasteiger partial charge in [-0.2, -0.15) is 0 Å². The summed E-state index contributed by atoms with van der Waals surface area (Å²) in [6.07, 6.45) is 1.58. The molecular formula is C24H31N3O7. The van der Waals surface area contributed by atoms with Crippen LogP contribution in [0.25, 0.3) is 0 Å². The molecule has 1 fully saturated rings. The van der Waals surface area contributed by atoms with Gasteiger partial charge in [0.15, 0.2) is 11.5 Å². The highest BCUT2D eigenvalue weighted by Gasteiger charge is 2.24. The van der Waals surface area contributed by atoms with Crippen molar-refractivity contribution in [3.63, 3.8) is 0 Å². The van der Waals surface area contributed by atoms with E-state index in [9.17, 15) is 9.59 Å². The average molecular weight is 474 g/mol. The number of amides is 2. The van der Waals surface area contributed by atoms with Gasteiger partial charge >= 0.3 is 0 Å². The Morgan fingerprint density at radius 3 is 2.62 bits per heavy atom. The van der Waals surface area contributed by atoms with Crippen LogP contribution >= 0.6 is 0 Å². The lowest BCUT2D eigenvalue weighted by Gasteiger charge is -2.31. The second-order valence-electron chi connectivity index (χ2n) is 8.22. The van der Waals surface area contributed by atoms with E-state index < -0.39 is 0 Å². The number of methoxy groups -OCH3 is 1. The summed E-state index contributed by atoms with van der Waals surface area (Å²) in [7, 11) is 1.47. The minimum Gasteiger partial charge on any atom is -0.467 e. The van der Waals surface area contributed by atoms with Crippen molar-refractivity contribution in [1.82, 2.24) is 14.7 Å². The summed E-state index contributed by atoms with van der Waals surface area (Å²) >= 11 is 0. The number of nitrogens with zero attached hydrogens (tertiary/aromatic N) is 3. The predicted octanol–water partition coefficient (Wildman–Crippen LogP) is 1.34. The zero-order valence-electron chi connectivity index (χ0n) is 19.4. The van der Waals surface area contributed by atoms with Gasteiger partial charge in [0.25, 0.3) is 0 Å². The van der Waals surface area contributed by atoms with E-state index in [1.807, 2.05) is 24.3 Å². The summed E-state index contributed by atoms with van der Waals surface area (Å²) < 4.78 is 26.8. The Morgan fingerprint density at radius 2 is 1.85 bits per heavy atom. The average Bonchev–Trinajstić information content (AvgIpc) is 3.53. The smallest absolute Gasteiger partial charge is 0.249 e. The Morgan fingerprint density at radius 1 is 1.03 bits per heavy atom. The number of morpholine rings is 1. The van der Waals surface area contributed by atoms with Gasteiger partial charge in [0.2, 0.25) is 18.6 Å². The molecule has 3 heterocycles. The highest BCUT2D eigenvalue weighted by molar-refractivity contribution is 5.85. The molecule has 0 saturated carbocycles. The van der Waals surface area contributed by atoms with Gasteiger partial charge < -0.3 is 33.2 Å². The quantitative estimate of drug-likeness (QED) is 0.483. The molecule has 10 heteroatoms. The van der Waals surface area contributed by atoms with Crippen LogP contribution in [0, 0.1) is 0 Å². The third-order valence-corrected chi connectivity index (χ3v) is 5.83. The molecule has 0 aliphatic carbocycles. The van der Waals surface area contributed by atoms with Crippen LogP contribution < -0.4 is 9.47 Å². The lowest BCUT2D eigenvalue weighted by Crippen LogP contribution is -2.47. The highest BCUT2D eigenvalue weighted by Crippen LogP contribution is 2.33. The predicted molar refractivity (Wildman–Crippen MR) is 121 cm³/mol. The van der Waals surface area contributed by atoms with E-state index in [0.29, 0.717) is 50.1 Å². The van der Waals surface area contributed by atoms with E-state index >= 15 is 0 Å². The molecule has 0 N–H and O–H groups in total. The van der Waals surface area contributed by atoms with Crippen molar-refractivity contribution in [2.24, 2.45) is 0 Å². The van der Waals surface area contributed by atoms with E-state index in [0.717, 1.165) is 18.7 Å². The van der Waals surface area contributed by atoms with Gasteiger partial charge in [-0.1, -0.05) is 6.07 Å². The molecule has 2 aliphatic rings. The van der Waals surface area contributed by atoms with Gasteiger partial charge in [0.1, 0.15) is 12.4 Å². The fourth-order valence-corrected chi connectivity index (χ4v) is 3.94. The molecule has 34 heavy (non-hydrogen) atoms. The summed E-state index contributed by atoms with van der Waals surface area (Å²) in [5.41, 5.74) is 0.896. The van der Waals surface area contributed by atoms with Crippen molar-refractivity contribution in [3.05, 3.63) is 47.9 Å². The Kier molecular flexibility index (Phi) is 8.40. The van der Waals surface area contributed by atoms with Crippen molar-refractivity contribution in [3.8, 4) is 11.5 Å². The van der Waals surface area contributed by atoms with E-state index in [2.05, 4.69) is 4.90 Å². The van der Waals surface area contributed by atoms with Crippen LogP contribution in [0.1, 0.15) is 11.3 Å². The molecule has 1 saturated heterocycles. The first-order valence-electron chi connectivity index (χ1n) is 11.4. The van der Waals surface area contributed by atoms with Crippen LogP contribution in [-0.4, -0.2) is 93.0 Å². The molecule has 0 radical (unpaired) electrons. The summed E-state index contributed by atoms with van der Waals surface area (Å²) in [5, 5.41) is 0. The molecule has 0 atom stereocenters. The maximum Gasteiger partial charge on any atom is 0.249 e. The number of carbonyl (C=O) groups excluding carboxylic acids is 2. The summed E-state index contributed by atoms with van der Waals surface area (Å²) in [6, 6.07) is 9.23. The highest BCUT2D eigenvalue weighted by atomic mass is 16.7. The van der Waals surface area contributed by atoms with Gasteiger partial charge in [0.05, 0.1) is 32.6 Å². The maximum atomic E-state index is 13.4. The van der Waals surface area contributed by atoms with Gasteiger partial charge in [-0.3, -0.25) is 14.5 Å². The molecule has 2 aromatic rings. The molecule has 2 aliphatic heterocycles. The largest absolute Gasteiger partial charge is 0.467 e. The number of carbonyl (C=O) groups is 2. The van der Waals surface area contributed by atoms with Gasteiger partial charge in [-0.15, -0.1) is 0 Å². The number of benzene rings is 1. The maximum absolute atomic E-state index is 13.4. The zero-order valence-corrected chi connectivity index (χ0v) is 19.4. The number of rotatable bonds is 11. The van der Waals surface area contributed by atoms with E-state index in [1.54, 1.807) is 22.1 Å². The second kappa shape index (κ2) is 11.9. The number of hydrogen-bond donors (Lipinski definition) is 0. The molecule has 2 amide bonds. The van der Waals surface area contributed by atoms with Gasteiger partial charge in [-0.05, 0) is 29.8 Å². The van der Waals surface area contributed by atoms with E-state index in [1.165, 1.54) is 7.11 Å². The molecule has 1 aromatic carbocycles. The molecule has 0 spiro atoms. The third-order valence-electron chi connectivity index (χ3n) is 5.83. The first kappa shape index (κ1) is 24.1. The van der Waals surface area contributed by atoms with Crippen LogP contribution in [-0.2, 0) is 32.2 Å². The zero-order chi connectivity index (χ0) is 23.8. The minimum absolute atomic E-state index is 0.0439. The van der Waals surface area contributed by atoms with Crippen LogP contribution in [0.3, 0.4) is 0 Å². The summed E-state index contributed by atoms with van der Waals surface area (Å²) in [6.45, 7) is 4.79. The van der Waals surface area contributed by atoms with Crippen molar-refractivity contribution in [2.75, 3.05) is 66.4 Å². The number of furan rings is 1. The first-order valence-corrected chi connectivity index (χ1v) is 11.4. The second-order valence-corrected chi connectivity index (χ2v) is 8.22. The molecule has 4 rings (SSSR count). The standard InChI is InChI=1S/C24H31N3O7/c1-30-17-24(29)26(7-6-25-8-11-31-12-9-25)16-23(28)27(15-20-3-2-10-32-20)14-19-4-5-21-22(13-19)34-18-33-21/h2-5,10,13H,6-9,11-12,14-18H2,1H3. The topological polar surface area (TPSA) is 93.9 Å². The fourth-order valence-electron chi connectivity index (χ4n) is 3.94. The molecular weight excluding hydrogens is 442 g/mol. The third kappa shape index (κ3) is 6.49. The van der Waals surface area contributed by atoms with E-state index in [-0.39, 0.29) is 38.3 Å². The monoisotopic (exact) mass is 473 g/mol. The van der Waals surface area contributed by atoms with Crippen LogP contribution in [0.15, 0.2) is 41.0 Å². The first-order chi connectivity index (χ1) is 16.6. The van der Waals surface area contributed by atoms with Crippen molar-refractivity contribution in [2.45, 2.75) is 13.1 Å². The van der Waals surface area contributed by atoms with Gasteiger partial charge in [0, 0.05) is 39.8 Å². The Bertz CT molecular complexity index is 944. The van der Waals surface area contributed by atoms with Crippen LogP contribution in [0.2, 0.25) is 0 Å². The molecule has 0 unspecified atom stereocenters. The fraction of sp³-hybridized carbons (Fsp3) is 0.500. The molecule has 0 bridgehead atoms. The van der Waals surface area contributed by atoms with Crippen LogP contribution in [0.5, 0.6) is 11.5 Å². The Labute approximate surface area is 198 Å². The lowest BCUT2D eigenvalue weighted by molar-refractivity contribution is -0.143. The van der Waals surface area contributed by atoms with Crippen molar-refractivity contribution in [1.29, 1.82) is 0 Å². The van der Waals surface area contributed by atoms with Crippen molar-refractivity contribution >= 4 is 11.8 Å². The number of fused-ring (bicyclic) bond motifs is 1. The SMILES string of the molecule is COCC(=O)N(CCN1CCOCC1)CC(=O)N(Cc1ccc2c(c1)OCO2)Cc1ccco1. The van der Waals surface area contributed by atoms with Crippen LogP contribution in [0.4, 0.5) is 0 Å².